The molecule has 0 radical (unpaired) electrons. The van der Waals surface area contributed by atoms with Crippen LogP contribution >= 0.6 is 11.6 Å². The molecule has 0 saturated heterocycles. The summed E-state index contributed by atoms with van der Waals surface area (Å²) in [5.41, 5.74) is 4.50. The molecule has 0 aliphatic rings. The number of likely N-dealkylation sites (N-methyl/N-ethyl adjacent to an activating group) is 1. The summed E-state index contributed by atoms with van der Waals surface area (Å²) in [5, 5.41) is 12.1. The summed E-state index contributed by atoms with van der Waals surface area (Å²) in [5.74, 6) is -0.229. The average Bonchev–Trinajstić information content (AvgIpc) is 3.44. The normalized spacial score (nSPS) is 12.5. The van der Waals surface area contributed by atoms with E-state index in [1.54, 1.807) is 33.8 Å². The summed E-state index contributed by atoms with van der Waals surface area (Å²) in [6, 6.07) is 10.3. The minimum Gasteiger partial charge on any atom is -0.318 e. The minimum atomic E-state index is -0.242. The molecule has 0 aliphatic carbocycles. The monoisotopic (exact) mass is 466 g/mol. The Balaban J connectivity index is 0.000000189. The number of pyridine rings is 1. The topological polar surface area (TPSA) is 60.6 Å². The Labute approximate surface area is 198 Å². The second-order valence-electron chi connectivity index (χ2n) is 7.96. The summed E-state index contributed by atoms with van der Waals surface area (Å²) in [6.07, 6.45) is 9.19. The van der Waals surface area contributed by atoms with E-state index in [-0.39, 0.29) is 11.2 Å². The number of hydrogen-bond donors (Lipinski definition) is 1. The fourth-order valence-corrected chi connectivity index (χ4v) is 3.73. The van der Waals surface area contributed by atoms with Gasteiger partial charge in [-0.3, -0.25) is 4.68 Å². The molecule has 1 aromatic carbocycles. The van der Waals surface area contributed by atoms with Gasteiger partial charge in [0.15, 0.2) is 0 Å². The first-order valence-corrected chi connectivity index (χ1v) is 10.8. The van der Waals surface area contributed by atoms with Crippen LogP contribution in [-0.4, -0.2) is 38.1 Å². The molecule has 4 rings (SSSR count). The van der Waals surface area contributed by atoms with E-state index in [0.29, 0.717) is 5.15 Å². The Kier molecular flexibility index (Phi) is 7.79. The van der Waals surface area contributed by atoms with Gasteiger partial charge in [-0.15, -0.1) is 0 Å². The van der Waals surface area contributed by atoms with Gasteiger partial charge in [0.1, 0.15) is 11.0 Å². The van der Waals surface area contributed by atoms with E-state index in [0.717, 1.165) is 34.6 Å². The van der Waals surface area contributed by atoms with Gasteiger partial charge in [0, 0.05) is 37.1 Å². The summed E-state index contributed by atoms with van der Waals surface area (Å²) in [4.78, 5) is 4.44. The van der Waals surface area contributed by atoms with Crippen molar-refractivity contribution in [3.05, 3.63) is 101 Å². The number of rotatable bonds is 6. The van der Waals surface area contributed by atoms with Crippen LogP contribution in [0.1, 0.15) is 29.3 Å². The van der Waals surface area contributed by atoms with Gasteiger partial charge >= 0.3 is 0 Å². The molecule has 172 valence electrons. The third kappa shape index (κ3) is 5.74. The van der Waals surface area contributed by atoms with Crippen LogP contribution < -0.4 is 5.32 Å². The first-order chi connectivity index (χ1) is 15.8. The molecule has 33 heavy (non-hydrogen) atoms. The SMILES string of the molecule is C=Cc1cnn(-c2ccc(F)cc2C)c1.CNCC(C)(c1cnn(C)c1)c1cccc(Cl)n1. The van der Waals surface area contributed by atoms with Crippen molar-refractivity contribution in [3.63, 3.8) is 0 Å². The molecular weight excluding hydrogens is 439 g/mol. The van der Waals surface area contributed by atoms with Crippen LogP contribution in [0.15, 0.2) is 67.8 Å². The zero-order valence-electron chi connectivity index (χ0n) is 19.3. The Morgan fingerprint density at radius 1 is 1.18 bits per heavy atom. The van der Waals surface area contributed by atoms with Crippen LogP contribution in [-0.2, 0) is 12.5 Å². The summed E-state index contributed by atoms with van der Waals surface area (Å²) >= 11 is 5.99. The van der Waals surface area contributed by atoms with Gasteiger partial charge < -0.3 is 5.32 Å². The molecule has 4 aromatic rings. The first-order valence-electron chi connectivity index (χ1n) is 10.5. The van der Waals surface area contributed by atoms with Gasteiger partial charge in [-0.25, -0.2) is 14.1 Å². The minimum absolute atomic E-state index is 0.229. The molecular formula is C25H28ClFN6. The Bertz CT molecular complexity index is 1230. The van der Waals surface area contributed by atoms with E-state index >= 15 is 0 Å². The lowest BCUT2D eigenvalue weighted by Crippen LogP contribution is -2.35. The van der Waals surface area contributed by atoms with Crippen molar-refractivity contribution >= 4 is 17.7 Å². The number of halogens is 2. The number of aryl methyl sites for hydroxylation is 2. The maximum absolute atomic E-state index is 12.9. The maximum Gasteiger partial charge on any atom is 0.129 e. The van der Waals surface area contributed by atoms with Crippen LogP contribution in [0.4, 0.5) is 4.39 Å². The van der Waals surface area contributed by atoms with E-state index in [9.17, 15) is 4.39 Å². The second kappa shape index (κ2) is 10.6. The predicted octanol–water partition coefficient (Wildman–Crippen LogP) is 4.96. The van der Waals surface area contributed by atoms with Crippen LogP contribution in [0.25, 0.3) is 11.8 Å². The van der Waals surface area contributed by atoms with Crippen LogP contribution in [0.5, 0.6) is 0 Å². The van der Waals surface area contributed by atoms with Crippen molar-refractivity contribution in [2.24, 2.45) is 7.05 Å². The van der Waals surface area contributed by atoms with E-state index in [1.807, 2.05) is 51.7 Å². The molecule has 1 N–H and O–H groups in total. The number of benzene rings is 1. The zero-order chi connectivity index (χ0) is 24.0. The second-order valence-corrected chi connectivity index (χ2v) is 8.35. The molecule has 8 heteroatoms. The van der Waals surface area contributed by atoms with E-state index in [1.165, 1.54) is 12.1 Å². The van der Waals surface area contributed by atoms with E-state index in [4.69, 9.17) is 11.6 Å². The summed E-state index contributed by atoms with van der Waals surface area (Å²) < 4.78 is 16.4. The van der Waals surface area contributed by atoms with Crippen molar-refractivity contribution in [1.82, 2.24) is 29.9 Å². The van der Waals surface area contributed by atoms with Crippen LogP contribution in [0, 0.1) is 12.7 Å². The zero-order valence-corrected chi connectivity index (χ0v) is 20.0. The quantitative estimate of drug-likeness (QED) is 0.408. The summed E-state index contributed by atoms with van der Waals surface area (Å²) in [6.45, 7) is 8.42. The Hall–Kier alpha value is -3.29. The highest BCUT2D eigenvalue weighted by Crippen LogP contribution is 2.30. The highest BCUT2D eigenvalue weighted by Gasteiger charge is 2.31. The maximum atomic E-state index is 12.9. The molecule has 1 unspecified atom stereocenters. The first kappa shape index (κ1) is 24.4. The predicted molar refractivity (Wildman–Crippen MR) is 131 cm³/mol. The van der Waals surface area contributed by atoms with Gasteiger partial charge in [0.05, 0.1) is 29.2 Å². The third-order valence-electron chi connectivity index (χ3n) is 5.40. The highest BCUT2D eigenvalue weighted by molar-refractivity contribution is 6.29. The molecule has 0 fully saturated rings. The van der Waals surface area contributed by atoms with Crippen molar-refractivity contribution in [2.75, 3.05) is 13.6 Å². The lowest BCUT2D eigenvalue weighted by atomic mass is 9.80. The molecule has 0 bridgehead atoms. The van der Waals surface area contributed by atoms with Crippen molar-refractivity contribution in [1.29, 1.82) is 0 Å². The van der Waals surface area contributed by atoms with Crippen molar-refractivity contribution in [2.45, 2.75) is 19.3 Å². The Morgan fingerprint density at radius 3 is 2.55 bits per heavy atom. The molecule has 1 atom stereocenters. The largest absolute Gasteiger partial charge is 0.318 e. The number of nitrogens with zero attached hydrogens (tertiary/aromatic N) is 5. The number of hydrogen-bond acceptors (Lipinski definition) is 4. The van der Waals surface area contributed by atoms with Gasteiger partial charge in [0.25, 0.3) is 0 Å². The number of aromatic nitrogens is 5. The molecule has 3 aromatic heterocycles. The highest BCUT2D eigenvalue weighted by atomic mass is 35.5. The van der Waals surface area contributed by atoms with Gasteiger partial charge in [-0.1, -0.05) is 30.3 Å². The van der Waals surface area contributed by atoms with Gasteiger partial charge in [0.2, 0.25) is 0 Å². The molecule has 0 amide bonds. The van der Waals surface area contributed by atoms with E-state index < -0.39 is 0 Å². The van der Waals surface area contributed by atoms with Gasteiger partial charge in [-0.2, -0.15) is 10.2 Å². The number of nitrogens with one attached hydrogen (secondary N) is 1. The molecule has 3 heterocycles. The fourth-order valence-electron chi connectivity index (χ4n) is 3.57. The fraction of sp³-hybridized carbons (Fsp3) is 0.240. The van der Waals surface area contributed by atoms with Gasteiger partial charge in [-0.05, 0) is 56.8 Å². The standard InChI is InChI=1S/C13H17ClN4.C12H11FN2/c1-13(9-15-2,10-7-16-18(3)8-10)11-5-4-6-12(14)17-11;1-3-10-7-14-15(8-10)12-5-4-11(13)6-9(12)2/h4-8,15H,9H2,1-3H3;3-8H,1H2,2H3. The van der Waals surface area contributed by atoms with Crippen molar-refractivity contribution < 1.29 is 4.39 Å². The van der Waals surface area contributed by atoms with Crippen LogP contribution in [0.3, 0.4) is 0 Å². The lowest BCUT2D eigenvalue weighted by molar-refractivity contribution is 0.517. The Morgan fingerprint density at radius 2 is 1.97 bits per heavy atom. The smallest absolute Gasteiger partial charge is 0.129 e. The van der Waals surface area contributed by atoms with Crippen molar-refractivity contribution in [3.8, 4) is 5.69 Å². The molecule has 0 saturated carbocycles. The third-order valence-corrected chi connectivity index (χ3v) is 5.61. The van der Waals surface area contributed by atoms with E-state index in [2.05, 4.69) is 34.0 Å². The molecule has 0 spiro atoms. The molecule has 0 aliphatic heterocycles. The average molecular weight is 467 g/mol. The summed E-state index contributed by atoms with van der Waals surface area (Å²) in [7, 11) is 3.84. The van der Waals surface area contributed by atoms with Crippen LogP contribution in [0.2, 0.25) is 5.15 Å². The lowest BCUT2D eigenvalue weighted by Gasteiger charge is -2.28. The molecule has 6 nitrogen and oxygen atoms in total.